The van der Waals surface area contributed by atoms with Gasteiger partial charge in [0.15, 0.2) is 0 Å². The van der Waals surface area contributed by atoms with E-state index in [2.05, 4.69) is 11.6 Å². The zero-order chi connectivity index (χ0) is 28.3. The van der Waals surface area contributed by atoms with Crippen LogP contribution in [0.5, 0.6) is 11.5 Å². The van der Waals surface area contributed by atoms with Gasteiger partial charge in [0, 0.05) is 18.5 Å². The fraction of sp³-hybridized carbons (Fsp3) is 0.154. The summed E-state index contributed by atoms with van der Waals surface area (Å²) in [4.78, 5) is 38.2. The molecule has 2 aromatic carbocycles. The average molecular weight is 541 g/mol. The van der Waals surface area contributed by atoms with Gasteiger partial charge in [-0.15, -0.1) is 0 Å². The summed E-state index contributed by atoms with van der Waals surface area (Å²) in [5.41, 5.74) is 9.62. The van der Waals surface area contributed by atoms with E-state index >= 15 is 0 Å². The highest BCUT2D eigenvalue weighted by molar-refractivity contribution is 6.04. The Hall–Kier alpha value is -5.07. The van der Waals surface area contributed by atoms with Crippen LogP contribution in [0.3, 0.4) is 0 Å². The number of amides is 2. The molecule has 0 saturated heterocycles. The summed E-state index contributed by atoms with van der Waals surface area (Å²) in [6.07, 6.45) is -3.17. The number of fused-ring (bicyclic) bond motifs is 3. The molecule has 4 aromatic rings. The second-order valence-corrected chi connectivity index (χ2v) is 8.35. The van der Waals surface area contributed by atoms with Crippen LogP contribution in [0.25, 0.3) is 16.9 Å². The Morgan fingerprint density at radius 2 is 1.69 bits per heavy atom. The zero-order valence-corrected chi connectivity index (χ0v) is 20.2. The van der Waals surface area contributed by atoms with Gasteiger partial charge >= 0.3 is 12.1 Å². The monoisotopic (exact) mass is 541 g/mol. The SMILES string of the molecule is C=CC(=O)N1CCc2c([nH]c3c(C(N)=O)c(-c4ccc(Oc5ccccc5)cc4)nn23)C1.O=C(O)C(F)(F)F. The molecule has 13 heteroatoms. The Labute approximate surface area is 219 Å². The largest absolute Gasteiger partial charge is 0.490 e. The molecule has 0 saturated carbocycles. The number of ether oxygens (including phenoxy) is 1. The van der Waals surface area contributed by atoms with E-state index in [-0.39, 0.29) is 5.91 Å². The quantitative estimate of drug-likeness (QED) is 0.327. The number of primary amides is 1. The number of nitrogens with zero attached hydrogens (tertiary/aromatic N) is 3. The lowest BCUT2D eigenvalue weighted by Gasteiger charge is -2.25. The minimum atomic E-state index is -5.08. The Morgan fingerprint density at radius 1 is 1.08 bits per heavy atom. The number of H-pyrrole nitrogens is 1. The number of benzene rings is 2. The third-order valence-corrected chi connectivity index (χ3v) is 5.81. The van der Waals surface area contributed by atoms with E-state index in [0.717, 1.165) is 22.7 Å². The van der Waals surface area contributed by atoms with Crippen LogP contribution >= 0.6 is 0 Å². The number of aromatic nitrogens is 3. The van der Waals surface area contributed by atoms with Crippen molar-refractivity contribution in [1.82, 2.24) is 19.5 Å². The average Bonchev–Trinajstić information content (AvgIpc) is 3.44. The number of carboxylic acids is 1. The number of rotatable bonds is 5. The summed E-state index contributed by atoms with van der Waals surface area (Å²) in [7, 11) is 0. The molecule has 0 unspecified atom stereocenters. The van der Waals surface area contributed by atoms with Crippen molar-refractivity contribution in [3.8, 4) is 22.8 Å². The molecule has 2 amide bonds. The van der Waals surface area contributed by atoms with Crippen LogP contribution in [-0.2, 0) is 22.6 Å². The number of halogens is 3. The third kappa shape index (κ3) is 5.76. The van der Waals surface area contributed by atoms with E-state index in [1.807, 2.05) is 54.6 Å². The second kappa shape index (κ2) is 10.7. The van der Waals surface area contributed by atoms with Gasteiger partial charge in [0.2, 0.25) is 5.91 Å². The number of nitrogens with two attached hydrogens (primary N) is 1. The van der Waals surface area contributed by atoms with Crippen LogP contribution in [0.1, 0.15) is 21.7 Å². The number of aromatic amines is 1. The molecule has 0 radical (unpaired) electrons. The molecule has 2 aromatic heterocycles. The Morgan fingerprint density at radius 3 is 2.26 bits per heavy atom. The molecule has 1 aliphatic heterocycles. The molecule has 202 valence electrons. The number of nitrogens with one attached hydrogen (secondary N) is 1. The fourth-order valence-corrected chi connectivity index (χ4v) is 4.03. The number of hydrogen-bond donors (Lipinski definition) is 3. The summed E-state index contributed by atoms with van der Waals surface area (Å²) >= 11 is 0. The summed E-state index contributed by atoms with van der Waals surface area (Å²) in [5, 5.41) is 11.8. The topological polar surface area (TPSA) is 143 Å². The highest BCUT2D eigenvalue weighted by Crippen LogP contribution is 2.31. The zero-order valence-electron chi connectivity index (χ0n) is 20.2. The van der Waals surface area contributed by atoms with Crippen molar-refractivity contribution < 1.29 is 37.4 Å². The van der Waals surface area contributed by atoms with E-state index < -0.39 is 18.1 Å². The van der Waals surface area contributed by atoms with Gasteiger partial charge in [-0.1, -0.05) is 24.8 Å². The van der Waals surface area contributed by atoms with E-state index in [1.54, 1.807) is 9.42 Å². The molecule has 1 aliphatic rings. The number of carbonyl (C=O) groups excluding carboxylic acids is 2. The molecule has 5 rings (SSSR count). The maximum atomic E-state index is 12.4. The van der Waals surface area contributed by atoms with E-state index in [4.69, 9.17) is 25.5 Å². The van der Waals surface area contributed by atoms with E-state index in [9.17, 15) is 22.8 Å². The summed E-state index contributed by atoms with van der Waals surface area (Å²) < 4.78 is 39.3. The third-order valence-electron chi connectivity index (χ3n) is 5.81. The molecular formula is C26H22F3N5O5. The van der Waals surface area contributed by atoms with Gasteiger partial charge in [-0.05, 0) is 42.5 Å². The van der Waals surface area contributed by atoms with Crippen molar-refractivity contribution in [1.29, 1.82) is 0 Å². The number of para-hydroxylation sites is 1. The minimum Gasteiger partial charge on any atom is -0.475 e. The van der Waals surface area contributed by atoms with Crippen LogP contribution in [-0.4, -0.2) is 55.1 Å². The number of hydrogen-bond acceptors (Lipinski definition) is 5. The standard InChI is InChI=1S/C24H21N5O3.C2HF3O2/c1-2-20(30)28-13-12-19-18(14-28)26-24-21(23(25)31)22(27-29(19)24)15-8-10-17(11-9-15)32-16-6-4-3-5-7-16;3-2(4,5)1(6)7/h2-11,26H,1,12-14H2,(H2,25,31);(H,6,7). The van der Waals surface area contributed by atoms with Crippen LogP contribution in [0, 0.1) is 0 Å². The predicted molar refractivity (Wildman–Crippen MR) is 133 cm³/mol. The maximum absolute atomic E-state index is 12.4. The van der Waals surface area contributed by atoms with E-state index in [1.165, 1.54) is 6.08 Å². The summed E-state index contributed by atoms with van der Waals surface area (Å²) in [6.45, 7) is 4.51. The van der Waals surface area contributed by atoms with Gasteiger partial charge in [-0.3, -0.25) is 9.59 Å². The smallest absolute Gasteiger partial charge is 0.475 e. The number of carboxylic acid groups (broad SMARTS) is 1. The first-order valence-corrected chi connectivity index (χ1v) is 11.5. The first kappa shape index (κ1) is 27.0. The Bertz CT molecular complexity index is 1540. The van der Waals surface area contributed by atoms with Crippen molar-refractivity contribution >= 4 is 23.4 Å². The molecule has 0 atom stereocenters. The lowest BCUT2D eigenvalue weighted by molar-refractivity contribution is -0.192. The fourth-order valence-electron chi connectivity index (χ4n) is 4.03. The second-order valence-electron chi connectivity index (χ2n) is 8.35. The van der Waals surface area contributed by atoms with Crippen molar-refractivity contribution in [2.45, 2.75) is 19.1 Å². The van der Waals surface area contributed by atoms with Gasteiger partial charge in [-0.2, -0.15) is 18.3 Å². The molecule has 4 N–H and O–H groups in total. The van der Waals surface area contributed by atoms with Gasteiger partial charge in [0.1, 0.15) is 28.4 Å². The highest BCUT2D eigenvalue weighted by Gasteiger charge is 2.38. The number of carbonyl (C=O) groups is 3. The van der Waals surface area contributed by atoms with Crippen LogP contribution in [0.2, 0.25) is 0 Å². The number of alkyl halides is 3. The molecule has 0 bridgehead atoms. The van der Waals surface area contributed by atoms with Crippen molar-refractivity contribution in [3.63, 3.8) is 0 Å². The van der Waals surface area contributed by atoms with Crippen LogP contribution in [0.15, 0.2) is 67.3 Å². The van der Waals surface area contributed by atoms with E-state index in [0.29, 0.717) is 42.2 Å². The number of aliphatic carboxylic acids is 1. The molecule has 0 spiro atoms. The van der Waals surface area contributed by atoms with Crippen molar-refractivity contribution in [3.05, 3.63) is 84.2 Å². The number of imidazole rings is 1. The molecule has 0 fully saturated rings. The normalized spacial score (nSPS) is 12.7. The predicted octanol–water partition coefficient (Wildman–Crippen LogP) is 3.92. The van der Waals surface area contributed by atoms with Crippen LogP contribution < -0.4 is 10.5 Å². The highest BCUT2D eigenvalue weighted by atomic mass is 19.4. The molecule has 10 nitrogen and oxygen atoms in total. The molecule has 0 aliphatic carbocycles. The maximum Gasteiger partial charge on any atom is 0.490 e. The summed E-state index contributed by atoms with van der Waals surface area (Å²) in [6, 6.07) is 16.9. The summed E-state index contributed by atoms with van der Waals surface area (Å²) in [5.74, 6) is -2.04. The first-order chi connectivity index (χ1) is 18.5. The van der Waals surface area contributed by atoms with Gasteiger partial charge < -0.3 is 25.5 Å². The first-order valence-electron chi connectivity index (χ1n) is 11.5. The lowest BCUT2D eigenvalue weighted by Crippen LogP contribution is -2.35. The molecule has 39 heavy (non-hydrogen) atoms. The van der Waals surface area contributed by atoms with Crippen molar-refractivity contribution in [2.24, 2.45) is 5.73 Å². The lowest BCUT2D eigenvalue weighted by atomic mass is 10.1. The molecular weight excluding hydrogens is 519 g/mol. The molecule has 3 heterocycles. The van der Waals surface area contributed by atoms with Gasteiger partial charge in [0.25, 0.3) is 5.91 Å². The van der Waals surface area contributed by atoms with Crippen LogP contribution in [0.4, 0.5) is 13.2 Å². The Kier molecular flexibility index (Phi) is 7.42. The van der Waals surface area contributed by atoms with Crippen molar-refractivity contribution in [2.75, 3.05) is 6.54 Å². The minimum absolute atomic E-state index is 0.128. The van der Waals surface area contributed by atoms with Gasteiger partial charge in [0.05, 0.1) is 17.9 Å². The Balaban J connectivity index is 0.000000448. The van der Waals surface area contributed by atoms with Gasteiger partial charge in [-0.25, -0.2) is 9.31 Å².